The lowest BCUT2D eigenvalue weighted by Gasteiger charge is -2.15. The van der Waals surface area contributed by atoms with Crippen molar-refractivity contribution in [3.05, 3.63) is 60.2 Å². The van der Waals surface area contributed by atoms with Gasteiger partial charge in [-0.15, -0.1) is 0 Å². The van der Waals surface area contributed by atoms with Gasteiger partial charge in [0.15, 0.2) is 0 Å². The molecule has 3 aromatic rings. The molecule has 0 fully saturated rings. The molecule has 0 radical (unpaired) electrons. The van der Waals surface area contributed by atoms with Crippen molar-refractivity contribution in [1.29, 1.82) is 0 Å². The van der Waals surface area contributed by atoms with Crippen molar-refractivity contribution >= 4 is 30.7 Å². The molecule has 27 heavy (non-hydrogen) atoms. The molecule has 0 bridgehead atoms. The van der Waals surface area contributed by atoms with E-state index < -0.39 is 19.8 Å². The topological polar surface area (TPSA) is 56.1 Å². The van der Waals surface area contributed by atoms with Crippen LogP contribution in [0.4, 0.5) is 10.1 Å². The Labute approximate surface area is 159 Å². The number of carbonyl (C=O) groups is 1. The molecule has 1 amide bonds. The van der Waals surface area contributed by atoms with E-state index in [1.165, 1.54) is 12.1 Å². The number of fused-ring (bicyclic) bond motifs is 1. The van der Waals surface area contributed by atoms with Gasteiger partial charge in [-0.2, -0.15) is 0 Å². The number of halogens is 1. The van der Waals surface area contributed by atoms with Crippen LogP contribution < -0.4 is 5.32 Å². The second-order valence-corrected chi connectivity index (χ2v) is 13.3. The Kier molecular flexibility index (Phi) is 5.72. The Bertz CT molecular complexity index is 950. The van der Waals surface area contributed by atoms with Crippen molar-refractivity contribution in [2.24, 2.45) is 0 Å². The van der Waals surface area contributed by atoms with Gasteiger partial charge in [0.25, 0.3) is 5.91 Å². The molecule has 2 aromatic heterocycles. The van der Waals surface area contributed by atoms with Crippen LogP contribution in [0.15, 0.2) is 48.8 Å². The summed E-state index contributed by atoms with van der Waals surface area (Å²) in [6.45, 7) is 8.07. The molecule has 0 aliphatic heterocycles. The smallest absolute Gasteiger partial charge is 0.258 e. The highest BCUT2D eigenvalue weighted by Gasteiger charge is 2.15. The van der Waals surface area contributed by atoms with Gasteiger partial charge in [-0.1, -0.05) is 31.8 Å². The number of ether oxygens (including phenoxy) is 1. The molecule has 0 saturated heterocycles. The average molecular weight is 386 g/mol. The second kappa shape index (κ2) is 8.02. The Morgan fingerprint density at radius 3 is 2.74 bits per heavy atom. The molecular weight excluding hydrogens is 361 g/mol. The van der Waals surface area contributed by atoms with Gasteiger partial charge in [0.1, 0.15) is 18.2 Å². The minimum Gasteiger partial charge on any atom is -0.361 e. The molecule has 0 aliphatic carbocycles. The number of amides is 1. The summed E-state index contributed by atoms with van der Waals surface area (Å²) in [5.74, 6) is -1.03. The summed E-state index contributed by atoms with van der Waals surface area (Å²) in [5.41, 5.74) is 1.32. The number of carbonyl (C=O) groups excluding carboxylic acids is 1. The number of hydrogen-bond donors (Lipinski definition) is 1. The predicted molar refractivity (Wildman–Crippen MR) is 108 cm³/mol. The second-order valence-electron chi connectivity index (χ2n) is 7.66. The molecule has 1 N–H and O–H groups in total. The van der Waals surface area contributed by atoms with Gasteiger partial charge in [-0.05, 0) is 30.3 Å². The number of nitrogens with one attached hydrogen (secondary N) is 1. The van der Waals surface area contributed by atoms with E-state index in [2.05, 4.69) is 29.9 Å². The van der Waals surface area contributed by atoms with Crippen LogP contribution in [0, 0.1) is 5.82 Å². The van der Waals surface area contributed by atoms with Gasteiger partial charge in [0.05, 0.1) is 11.3 Å². The van der Waals surface area contributed by atoms with Crippen molar-refractivity contribution in [3.63, 3.8) is 0 Å². The molecule has 0 spiro atoms. The number of pyridine rings is 1. The first-order valence-corrected chi connectivity index (χ1v) is 12.6. The molecule has 3 rings (SSSR count). The SMILES string of the molecule is C[Si](C)(C)CCOCn1ccc2c(NC(=O)c3ccccc3F)ccnc21. The van der Waals surface area contributed by atoms with E-state index >= 15 is 0 Å². The molecule has 0 atom stereocenters. The molecule has 0 saturated carbocycles. The van der Waals surface area contributed by atoms with Crippen LogP contribution in [-0.2, 0) is 11.5 Å². The van der Waals surface area contributed by atoms with Crippen LogP contribution >= 0.6 is 0 Å². The maximum absolute atomic E-state index is 13.8. The van der Waals surface area contributed by atoms with E-state index in [4.69, 9.17) is 4.74 Å². The fourth-order valence-corrected chi connectivity index (χ4v) is 3.44. The summed E-state index contributed by atoms with van der Waals surface area (Å²) >= 11 is 0. The summed E-state index contributed by atoms with van der Waals surface area (Å²) < 4.78 is 21.5. The van der Waals surface area contributed by atoms with Crippen LogP contribution in [0.1, 0.15) is 10.4 Å². The van der Waals surface area contributed by atoms with E-state index in [-0.39, 0.29) is 5.56 Å². The first-order valence-electron chi connectivity index (χ1n) is 8.93. The first kappa shape index (κ1) is 19.3. The van der Waals surface area contributed by atoms with E-state index in [0.717, 1.165) is 18.0 Å². The zero-order chi connectivity index (χ0) is 19.4. The fourth-order valence-electron chi connectivity index (χ4n) is 2.68. The highest BCUT2D eigenvalue weighted by molar-refractivity contribution is 6.76. The Hall–Kier alpha value is -2.51. The summed E-state index contributed by atoms with van der Waals surface area (Å²) in [7, 11) is -1.13. The van der Waals surface area contributed by atoms with Crippen LogP contribution in [-0.4, -0.2) is 30.1 Å². The lowest BCUT2D eigenvalue weighted by molar-refractivity contribution is 0.0899. The largest absolute Gasteiger partial charge is 0.361 e. The van der Waals surface area contributed by atoms with E-state index in [9.17, 15) is 9.18 Å². The standard InChI is InChI=1S/C20H24FN3O2Si/c1-27(2,3)13-12-26-14-24-11-9-16-18(8-10-22-19(16)24)23-20(25)15-6-4-5-7-17(15)21/h4-11H,12-14H2,1-3H3,(H,22,23,25). The van der Waals surface area contributed by atoms with E-state index in [1.807, 2.05) is 16.8 Å². The zero-order valence-corrected chi connectivity index (χ0v) is 16.8. The predicted octanol–water partition coefficient (Wildman–Crippen LogP) is 4.74. The normalized spacial score (nSPS) is 11.7. The third-order valence-electron chi connectivity index (χ3n) is 4.26. The highest BCUT2D eigenvalue weighted by Crippen LogP contribution is 2.23. The Balaban J connectivity index is 1.74. The number of aromatic nitrogens is 2. The maximum atomic E-state index is 13.8. The van der Waals surface area contributed by atoms with E-state index in [0.29, 0.717) is 18.1 Å². The molecule has 5 nitrogen and oxygen atoms in total. The summed E-state index contributed by atoms with van der Waals surface area (Å²) in [4.78, 5) is 16.8. The highest BCUT2D eigenvalue weighted by atomic mass is 28.3. The van der Waals surface area contributed by atoms with Crippen molar-refractivity contribution in [3.8, 4) is 0 Å². The minimum atomic E-state index is -1.13. The third kappa shape index (κ3) is 4.81. The van der Waals surface area contributed by atoms with Gasteiger partial charge < -0.3 is 14.6 Å². The van der Waals surface area contributed by atoms with Gasteiger partial charge in [0.2, 0.25) is 0 Å². The number of hydrogen-bond acceptors (Lipinski definition) is 3. The van der Waals surface area contributed by atoms with Crippen molar-refractivity contribution in [1.82, 2.24) is 9.55 Å². The number of nitrogens with zero attached hydrogens (tertiary/aromatic N) is 2. The summed E-state index contributed by atoms with van der Waals surface area (Å²) in [5, 5.41) is 3.56. The average Bonchev–Trinajstić information content (AvgIpc) is 3.02. The van der Waals surface area contributed by atoms with Crippen LogP contribution in [0.25, 0.3) is 11.0 Å². The Morgan fingerprint density at radius 2 is 2.00 bits per heavy atom. The lowest BCUT2D eigenvalue weighted by Crippen LogP contribution is -2.22. The van der Waals surface area contributed by atoms with Crippen molar-refractivity contribution < 1.29 is 13.9 Å². The minimum absolute atomic E-state index is 0.0107. The zero-order valence-electron chi connectivity index (χ0n) is 15.8. The maximum Gasteiger partial charge on any atom is 0.258 e. The molecule has 0 aliphatic rings. The third-order valence-corrected chi connectivity index (χ3v) is 5.96. The number of benzene rings is 1. The van der Waals surface area contributed by atoms with E-state index in [1.54, 1.807) is 24.4 Å². The van der Waals surface area contributed by atoms with Crippen LogP contribution in [0.2, 0.25) is 25.7 Å². The van der Waals surface area contributed by atoms with Gasteiger partial charge in [-0.3, -0.25) is 4.79 Å². The molecule has 142 valence electrons. The summed E-state index contributed by atoms with van der Waals surface area (Å²) in [6.07, 6.45) is 3.50. The van der Waals surface area contributed by atoms with Gasteiger partial charge in [0, 0.05) is 32.5 Å². The fraction of sp³-hybridized carbons (Fsp3) is 0.300. The molecule has 0 unspecified atom stereocenters. The Morgan fingerprint density at radius 1 is 1.22 bits per heavy atom. The summed E-state index contributed by atoms with van der Waals surface area (Å²) in [6, 6.07) is 10.6. The lowest BCUT2D eigenvalue weighted by atomic mass is 10.2. The molecule has 7 heteroatoms. The van der Waals surface area contributed by atoms with Crippen molar-refractivity contribution in [2.45, 2.75) is 32.4 Å². The molecule has 1 aromatic carbocycles. The van der Waals surface area contributed by atoms with Crippen LogP contribution in [0.3, 0.4) is 0 Å². The number of anilines is 1. The van der Waals surface area contributed by atoms with Crippen molar-refractivity contribution in [2.75, 3.05) is 11.9 Å². The van der Waals surface area contributed by atoms with Gasteiger partial charge >= 0.3 is 0 Å². The molecular formula is C20H24FN3O2Si. The molecule has 2 heterocycles. The quantitative estimate of drug-likeness (QED) is 0.472. The number of rotatable bonds is 7. The van der Waals surface area contributed by atoms with Crippen LogP contribution in [0.5, 0.6) is 0 Å². The first-order chi connectivity index (χ1) is 12.8. The monoisotopic (exact) mass is 385 g/mol. The van der Waals surface area contributed by atoms with Gasteiger partial charge in [-0.25, -0.2) is 9.37 Å².